The number of rotatable bonds is 3. The first kappa shape index (κ1) is 12.2. The van der Waals surface area contributed by atoms with Crippen LogP contribution in [0.15, 0.2) is 12.1 Å². The summed E-state index contributed by atoms with van der Waals surface area (Å²) in [5, 5.41) is 8.51. The van der Waals surface area contributed by atoms with Gasteiger partial charge in [-0.25, -0.2) is 0 Å². The molecular formula is C13H14N2O3. The fraction of sp³-hybridized carbons (Fsp3) is 0.385. The van der Waals surface area contributed by atoms with Crippen LogP contribution in [0.4, 0.5) is 0 Å². The second-order valence-corrected chi connectivity index (χ2v) is 4.22. The zero-order valence-corrected chi connectivity index (χ0v) is 10.4. The minimum atomic E-state index is -0.520. The van der Waals surface area contributed by atoms with Crippen molar-refractivity contribution < 1.29 is 14.3 Å². The van der Waals surface area contributed by atoms with Crippen LogP contribution in [0.25, 0.3) is 0 Å². The quantitative estimate of drug-likeness (QED) is 0.753. The average Bonchev–Trinajstić information content (AvgIpc) is 2.81. The predicted molar refractivity (Wildman–Crippen MR) is 64.3 cm³/mol. The van der Waals surface area contributed by atoms with Crippen LogP contribution in [0.3, 0.4) is 0 Å². The van der Waals surface area contributed by atoms with Gasteiger partial charge in [0.05, 0.1) is 0 Å². The topological polar surface area (TPSA) is 62.6 Å². The monoisotopic (exact) mass is 246 g/mol. The van der Waals surface area contributed by atoms with E-state index in [1.807, 2.05) is 19.1 Å². The van der Waals surface area contributed by atoms with Crippen LogP contribution in [-0.4, -0.2) is 31.2 Å². The Morgan fingerprint density at radius 2 is 2.11 bits per heavy atom. The van der Waals surface area contributed by atoms with Crippen LogP contribution in [0, 0.1) is 18.3 Å². The molecule has 1 aromatic carbocycles. The molecule has 1 aliphatic rings. The van der Waals surface area contributed by atoms with Gasteiger partial charge >= 0.3 is 5.91 Å². The molecule has 0 radical (unpaired) electrons. The zero-order valence-electron chi connectivity index (χ0n) is 10.4. The Bertz CT molecular complexity index is 520. The molecule has 0 spiro atoms. The van der Waals surface area contributed by atoms with Crippen molar-refractivity contribution in [1.82, 2.24) is 4.90 Å². The molecule has 5 nitrogen and oxygen atoms in total. The van der Waals surface area contributed by atoms with Crippen LogP contribution >= 0.6 is 0 Å². The predicted octanol–water partition coefficient (Wildman–Crippen LogP) is 1.25. The number of nitriles is 1. The largest absolute Gasteiger partial charge is 0.454 e. The molecule has 1 heterocycles. The molecule has 1 aromatic rings. The lowest BCUT2D eigenvalue weighted by Crippen LogP contribution is -2.27. The van der Waals surface area contributed by atoms with Crippen molar-refractivity contribution in [3.05, 3.63) is 23.3 Å². The van der Waals surface area contributed by atoms with Crippen molar-refractivity contribution >= 4 is 5.91 Å². The van der Waals surface area contributed by atoms with E-state index in [-0.39, 0.29) is 6.79 Å². The minimum absolute atomic E-state index is 0.255. The molecule has 1 amide bonds. The van der Waals surface area contributed by atoms with E-state index in [0.29, 0.717) is 13.0 Å². The summed E-state index contributed by atoms with van der Waals surface area (Å²) in [7, 11) is 1.62. The molecule has 0 aromatic heterocycles. The van der Waals surface area contributed by atoms with E-state index in [0.717, 1.165) is 22.6 Å². The SMILES string of the molecule is Cc1cc2c(cc1CCN(C)C(=O)C#N)OCO2. The highest BCUT2D eigenvalue weighted by Gasteiger charge is 2.16. The Balaban J connectivity index is 2.06. The highest BCUT2D eigenvalue weighted by atomic mass is 16.7. The maximum atomic E-state index is 11.1. The Hall–Kier alpha value is -2.22. The summed E-state index contributed by atoms with van der Waals surface area (Å²) >= 11 is 0. The van der Waals surface area contributed by atoms with E-state index in [1.165, 1.54) is 4.90 Å². The van der Waals surface area contributed by atoms with Crippen LogP contribution in [0.1, 0.15) is 11.1 Å². The lowest BCUT2D eigenvalue weighted by Gasteiger charge is -2.14. The number of fused-ring (bicyclic) bond motifs is 1. The van der Waals surface area contributed by atoms with Crippen LogP contribution in [0.2, 0.25) is 0 Å². The van der Waals surface area contributed by atoms with Crippen LogP contribution in [-0.2, 0) is 11.2 Å². The van der Waals surface area contributed by atoms with E-state index in [2.05, 4.69) is 0 Å². The van der Waals surface area contributed by atoms with E-state index in [1.54, 1.807) is 13.1 Å². The van der Waals surface area contributed by atoms with Gasteiger partial charge in [0.2, 0.25) is 6.79 Å². The van der Waals surface area contributed by atoms with E-state index in [4.69, 9.17) is 14.7 Å². The summed E-state index contributed by atoms with van der Waals surface area (Å²) in [6.07, 6.45) is 0.687. The first-order valence-electron chi connectivity index (χ1n) is 5.66. The highest BCUT2D eigenvalue weighted by Crippen LogP contribution is 2.34. The highest BCUT2D eigenvalue weighted by molar-refractivity contribution is 5.90. The number of likely N-dealkylation sites (N-methyl/N-ethyl adjacent to an activating group) is 1. The number of ether oxygens (including phenoxy) is 2. The second kappa shape index (κ2) is 4.96. The van der Waals surface area contributed by atoms with Gasteiger partial charge in [-0.05, 0) is 36.6 Å². The molecule has 1 aliphatic heterocycles. The fourth-order valence-corrected chi connectivity index (χ4v) is 1.83. The van der Waals surface area contributed by atoms with Gasteiger partial charge < -0.3 is 14.4 Å². The Morgan fingerprint density at radius 3 is 2.78 bits per heavy atom. The molecular weight excluding hydrogens is 232 g/mol. The lowest BCUT2D eigenvalue weighted by atomic mass is 10.0. The van der Waals surface area contributed by atoms with Crippen molar-refractivity contribution in [3.8, 4) is 17.6 Å². The molecule has 0 saturated carbocycles. The molecule has 0 aliphatic carbocycles. The summed E-state index contributed by atoms with van der Waals surface area (Å²) in [6.45, 7) is 2.75. The molecule has 0 fully saturated rings. The molecule has 0 unspecified atom stereocenters. The summed E-state index contributed by atoms with van der Waals surface area (Å²) in [4.78, 5) is 12.5. The van der Waals surface area contributed by atoms with Gasteiger partial charge in [-0.15, -0.1) is 0 Å². The first-order chi connectivity index (χ1) is 8.61. The van der Waals surface area contributed by atoms with E-state index >= 15 is 0 Å². The summed E-state index contributed by atoms with van der Waals surface area (Å²) in [5.41, 5.74) is 2.19. The summed E-state index contributed by atoms with van der Waals surface area (Å²) < 4.78 is 10.6. The number of hydrogen-bond acceptors (Lipinski definition) is 4. The zero-order chi connectivity index (χ0) is 13.1. The van der Waals surface area contributed by atoms with E-state index in [9.17, 15) is 4.79 Å². The van der Waals surface area contributed by atoms with Crippen molar-refractivity contribution in [3.63, 3.8) is 0 Å². The Labute approximate surface area is 106 Å². The summed E-state index contributed by atoms with van der Waals surface area (Å²) in [5.74, 6) is 0.982. The van der Waals surface area contributed by atoms with Gasteiger partial charge in [0.25, 0.3) is 0 Å². The third kappa shape index (κ3) is 2.38. The molecule has 2 rings (SSSR count). The summed E-state index contributed by atoms with van der Waals surface area (Å²) in [6, 6.07) is 5.47. The third-order valence-electron chi connectivity index (χ3n) is 2.99. The first-order valence-corrected chi connectivity index (χ1v) is 5.66. The van der Waals surface area contributed by atoms with Gasteiger partial charge in [0.15, 0.2) is 17.6 Å². The fourth-order valence-electron chi connectivity index (χ4n) is 1.83. The number of carbonyl (C=O) groups is 1. The van der Waals surface area contributed by atoms with Gasteiger partial charge in [-0.3, -0.25) is 4.79 Å². The molecule has 0 saturated heterocycles. The van der Waals surface area contributed by atoms with Crippen molar-refractivity contribution in [2.45, 2.75) is 13.3 Å². The number of hydrogen-bond donors (Lipinski definition) is 0. The normalized spacial score (nSPS) is 12.1. The smallest absolute Gasteiger partial charge is 0.324 e. The van der Waals surface area contributed by atoms with Crippen LogP contribution < -0.4 is 9.47 Å². The van der Waals surface area contributed by atoms with Crippen molar-refractivity contribution in [1.29, 1.82) is 5.26 Å². The molecule has 18 heavy (non-hydrogen) atoms. The maximum absolute atomic E-state index is 11.1. The average molecular weight is 246 g/mol. The van der Waals surface area contributed by atoms with Crippen molar-refractivity contribution in [2.24, 2.45) is 0 Å². The van der Waals surface area contributed by atoms with Gasteiger partial charge in [-0.1, -0.05) is 0 Å². The number of benzene rings is 1. The third-order valence-corrected chi connectivity index (χ3v) is 2.99. The second-order valence-electron chi connectivity index (χ2n) is 4.22. The number of carbonyl (C=O) groups excluding carboxylic acids is 1. The van der Waals surface area contributed by atoms with Gasteiger partial charge in [0, 0.05) is 13.6 Å². The Kier molecular flexibility index (Phi) is 3.38. The molecule has 0 atom stereocenters. The molecule has 0 bridgehead atoms. The number of aryl methyl sites for hydroxylation is 1. The van der Waals surface area contributed by atoms with Gasteiger partial charge in [0.1, 0.15) is 0 Å². The van der Waals surface area contributed by atoms with Crippen molar-refractivity contribution in [2.75, 3.05) is 20.4 Å². The molecule has 94 valence electrons. The minimum Gasteiger partial charge on any atom is -0.454 e. The Morgan fingerprint density at radius 1 is 1.44 bits per heavy atom. The molecule has 0 N–H and O–H groups in total. The number of amides is 1. The van der Waals surface area contributed by atoms with Gasteiger partial charge in [-0.2, -0.15) is 5.26 Å². The number of nitrogens with zero attached hydrogens (tertiary/aromatic N) is 2. The van der Waals surface area contributed by atoms with E-state index < -0.39 is 5.91 Å². The molecule has 5 heteroatoms. The maximum Gasteiger partial charge on any atom is 0.324 e. The van der Waals surface area contributed by atoms with Crippen LogP contribution in [0.5, 0.6) is 11.5 Å². The lowest BCUT2D eigenvalue weighted by molar-refractivity contribution is -0.124. The standard InChI is InChI=1S/C13H14N2O3/c1-9-5-11-12(18-8-17-11)6-10(9)3-4-15(2)13(16)7-14/h5-6H,3-4,8H2,1-2H3.